The van der Waals surface area contributed by atoms with Crippen molar-refractivity contribution in [1.29, 1.82) is 0 Å². The van der Waals surface area contributed by atoms with Gasteiger partial charge in [0, 0.05) is 11.8 Å². The molecule has 9 heteroatoms. The summed E-state index contributed by atoms with van der Waals surface area (Å²) in [5, 5.41) is 0.296. The van der Waals surface area contributed by atoms with Gasteiger partial charge in [0.2, 0.25) is 0 Å². The zero-order chi connectivity index (χ0) is 20.6. The number of amidine groups is 1. The number of carbonyl (C=O) groups is 1. The van der Waals surface area contributed by atoms with Crippen molar-refractivity contribution in [3.05, 3.63) is 71.3 Å². The third-order valence-electron chi connectivity index (χ3n) is 4.93. The minimum atomic E-state index is -3.14. The molecule has 1 amide bonds. The number of sulfone groups is 1. The van der Waals surface area contributed by atoms with Crippen LogP contribution >= 0.6 is 11.8 Å². The van der Waals surface area contributed by atoms with Gasteiger partial charge in [0.1, 0.15) is 11.6 Å². The first-order valence-electron chi connectivity index (χ1n) is 9.03. The number of aliphatic imine (C=N–C) groups is 1. The van der Waals surface area contributed by atoms with E-state index in [1.54, 1.807) is 12.1 Å². The number of fused-ring (bicyclic) bond motifs is 1. The van der Waals surface area contributed by atoms with Crippen LogP contribution in [-0.2, 0) is 27.6 Å². The topological polar surface area (TPSA) is 66.8 Å². The lowest BCUT2D eigenvalue weighted by atomic mass is 10.1. The van der Waals surface area contributed by atoms with Crippen LogP contribution in [0.3, 0.4) is 0 Å². The number of benzene rings is 2. The monoisotopic (exact) mass is 436 g/mol. The Kier molecular flexibility index (Phi) is 5.44. The molecule has 0 unspecified atom stereocenters. The van der Waals surface area contributed by atoms with Crippen LogP contribution in [0.2, 0.25) is 0 Å². The quantitative estimate of drug-likeness (QED) is 0.738. The van der Waals surface area contributed by atoms with Crippen molar-refractivity contribution >= 4 is 32.7 Å². The molecule has 0 spiro atoms. The number of amides is 1. The number of nitrogens with zero attached hydrogens (tertiary/aromatic N) is 2. The summed E-state index contributed by atoms with van der Waals surface area (Å²) in [4.78, 5) is 18.5. The molecule has 2 fully saturated rings. The van der Waals surface area contributed by atoms with Gasteiger partial charge in [0.25, 0.3) is 5.91 Å². The normalized spacial score (nSPS) is 24.1. The molecule has 29 heavy (non-hydrogen) atoms. The molecular weight excluding hydrogens is 418 g/mol. The average molecular weight is 437 g/mol. The molecule has 0 saturated carbocycles. The van der Waals surface area contributed by atoms with E-state index in [1.165, 1.54) is 48.2 Å². The van der Waals surface area contributed by atoms with Crippen molar-refractivity contribution in [2.24, 2.45) is 4.99 Å². The molecule has 2 saturated heterocycles. The van der Waals surface area contributed by atoms with Crippen molar-refractivity contribution in [2.75, 3.05) is 11.5 Å². The summed E-state index contributed by atoms with van der Waals surface area (Å²) in [6, 6.07) is 11.3. The van der Waals surface area contributed by atoms with E-state index >= 15 is 0 Å². The van der Waals surface area contributed by atoms with Crippen LogP contribution in [0, 0.1) is 11.6 Å². The number of rotatable bonds is 4. The smallest absolute Gasteiger partial charge is 0.252 e. The molecule has 0 bridgehead atoms. The van der Waals surface area contributed by atoms with E-state index in [0.29, 0.717) is 17.3 Å². The highest BCUT2D eigenvalue weighted by Crippen LogP contribution is 2.39. The second-order valence-electron chi connectivity index (χ2n) is 7.15. The van der Waals surface area contributed by atoms with Crippen molar-refractivity contribution in [3.63, 3.8) is 0 Å². The summed E-state index contributed by atoms with van der Waals surface area (Å²) in [6.07, 6.45) is 0.0301. The van der Waals surface area contributed by atoms with Crippen LogP contribution in [0.1, 0.15) is 11.1 Å². The maximum Gasteiger partial charge on any atom is 0.252 e. The highest BCUT2D eigenvalue weighted by Gasteiger charge is 2.48. The van der Waals surface area contributed by atoms with E-state index in [-0.39, 0.29) is 46.8 Å². The number of hydrogen-bond donors (Lipinski definition) is 0. The highest BCUT2D eigenvalue weighted by molar-refractivity contribution is 8.15. The molecule has 2 heterocycles. The van der Waals surface area contributed by atoms with Gasteiger partial charge in [-0.3, -0.25) is 4.79 Å². The number of halogens is 2. The predicted molar refractivity (Wildman–Crippen MR) is 108 cm³/mol. The number of hydrogen-bond acceptors (Lipinski definition) is 4. The standard InChI is InChI=1S/C20H18F2N2O3S2/c21-15-5-1-13(2-6-15)9-19(25)23-20-24(10-14-3-7-16(22)8-4-14)17-11-29(26,27)12-18(17)28-20/h1-8,17-18H,9-12H2/t17-,18-/m1/s1. The Hall–Kier alpha value is -2.26. The fourth-order valence-corrected chi connectivity index (χ4v) is 7.50. The Bertz CT molecular complexity index is 1050. The third kappa shape index (κ3) is 4.67. The van der Waals surface area contributed by atoms with Gasteiger partial charge in [0.15, 0.2) is 15.0 Å². The van der Waals surface area contributed by atoms with E-state index < -0.39 is 9.84 Å². The van der Waals surface area contributed by atoms with Gasteiger partial charge in [0.05, 0.1) is 24.0 Å². The lowest BCUT2D eigenvalue weighted by Crippen LogP contribution is -2.37. The lowest BCUT2D eigenvalue weighted by Gasteiger charge is -2.24. The fourth-order valence-electron chi connectivity index (χ4n) is 3.53. The van der Waals surface area contributed by atoms with E-state index in [9.17, 15) is 22.0 Å². The first-order chi connectivity index (χ1) is 13.8. The summed E-state index contributed by atoms with van der Waals surface area (Å²) in [5.74, 6) is -1.05. The van der Waals surface area contributed by atoms with Gasteiger partial charge in [-0.25, -0.2) is 17.2 Å². The van der Waals surface area contributed by atoms with Crippen LogP contribution in [0.15, 0.2) is 53.5 Å². The van der Waals surface area contributed by atoms with Gasteiger partial charge in [-0.1, -0.05) is 36.0 Å². The molecule has 2 aliphatic rings. The number of carbonyl (C=O) groups excluding carboxylic acids is 1. The van der Waals surface area contributed by atoms with E-state index in [0.717, 1.165) is 5.56 Å². The van der Waals surface area contributed by atoms with Crippen molar-refractivity contribution in [2.45, 2.75) is 24.3 Å². The molecule has 2 aromatic rings. The molecular formula is C20H18F2N2O3S2. The van der Waals surface area contributed by atoms with Crippen molar-refractivity contribution in [1.82, 2.24) is 4.90 Å². The Balaban J connectivity index is 1.56. The Labute approximate surface area is 171 Å². The molecule has 0 radical (unpaired) electrons. The molecule has 4 rings (SSSR count). The van der Waals surface area contributed by atoms with Gasteiger partial charge >= 0.3 is 0 Å². The van der Waals surface area contributed by atoms with Gasteiger partial charge in [-0.2, -0.15) is 4.99 Å². The Morgan fingerprint density at radius 3 is 2.21 bits per heavy atom. The fraction of sp³-hybridized carbons (Fsp3) is 0.300. The molecule has 0 aromatic heterocycles. The minimum absolute atomic E-state index is 0.0109. The zero-order valence-corrected chi connectivity index (χ0v) is 16.9. The summed E-state index contributed by atoms with van der Waals surface area (Å²) >= 11 is 1.30. The zero-order valence-electron chi connectivity index (χ0n) is 15.3. The second-order valence-corrected chi connectivity index (χ2v) is 10.5. The maximum absolute atomic E-state index is 13.2. The first kappa shape index (κ1) is 20.0. The third-order valence-corrected chi connectivity index (χ3v) is 8.18. The van der Waals surface area contributed by atoms with Gasteiger partial charge in [-0.05, 0) is 35.4 Å². The molecule has 152 valence electrons. The van der Waals surface area contributed by atoms with Crippen molar-refractivity contribution in [3.8, 4) is 0 Å². The van der Waals surface area contributed by atoms with E-state index in [4.69, 9.17) is 0 Å². The lowest BCUT2D eigenvalue weighted by molar-refractivity contribution is -0.117. The van der Waals surface area contributed by atoms with Crippen molar-refractivity contribution < 1.29 is 22.0 Å². The SMILES string of the molecule is O=C(Cc1ccc(F)cc1)N=C1S[C@@H]2CS(=O)(=O)C[C@H]2N1Cc1ccc(F)cc1. The molecule has 5 nitrogen and oxygen atoms in total. The summed E-state index contributed by atoms with van der Waals surface area (Å²) in [5.41, 5.74) is 1.45. The summed E-state index contributed by atoms with van der Waals surface area (Å²) < 4.78 is 50.4. The minimum Gasteiger partial charge on any atom is -0.342 e. The summed E-state index contributed by atoms with van der Waals surface area (Å²) in [6.45, 7) is 0.340. The van der Waals surface area contributed by atoms with Crippen LogP contribution in [-0.4, -0.2) is 47.2 Å². The largest absolute Gasteiger partial charge is 0.342 e. The predicted octanol–water partition coefficient (Wildman–Crippen LogP) is 2.80. The van der Waals surface area contributed by atoms with Crippen LogP contribution in [0.25, 0.3) is 0 Å². The Morgan fingerprint density at radius 2 is 1.59 bits per heavy atom. The van der Waals surface area contributed by atoms with Gasteiger partial charge < -0.3 is 4.90 Å². The average Bonchev–Trinajstić information content (AvgIpc) is 3.11. The summed E-state index contributed by atoms with van der Waals surface area (Å²) in [7, 11) is -3.14. The Morgan fingerprint density at radius 1 is 1.00 bits per heavy atom. The molecule has 2 atom stereocenters. The van der Waals surface area contributed by atoms with E-state index in [1.807, 2.05) is 4.90 Å². The number of thioether (sulfide) groups is 1. The van der Waals surface area contributed by atoms with Crippen LogP contribution in [0.5, 0.6) is 0 Å². The second kappa shape index (κ2) is 7.87. The van der Waals surface area contributed by atoms with E-state index in [2.05, 4.69) is 4.99 Å². The molecule has 2 aliphatic heterocycles. The van der Waals surface area contributed by atoms with Crippen LogP contribution < -0.4 is 0 Å². The molecule has 0 aliphatic carbocycles. The van der Waals surface area contributed by atoms with Gasteiger partial charge in [-0.15, -0.1) is 0 Å². The molecule has 0 N–H and O–H groups in total. The maximum atomic E-state index is 13.2. The first-order valence-corrected chi connectivity index (χ1v) is 11.7. The molecule has 2 aromatic carbocycles. The van der Waals surface area contributed by atoms with Crippen LogP contribution in [0.4, 0.5) is 8.78 Å². The highest BCUT2D eigenvalue weighted by atomic mass is 32.2.